The molecule has 2 aromatic heterocycles. The number of nitrogens with one attached hydrogen (secondary N) is 2. The zero-order chi connectivity index (χ0) is 21.6. The van der Waals surface area contributed by atoms with E-state index in [4.69, 9.17) is 16.3 Å². The first-order chi connectivity index (χ1) is 14.4. The molecule has 0 aliphatic heterocycles. The van der Waals surface area contributed by atoms with Gasteiger partial charge >= 0.3 is 0 Å². The van der Waals surface area contributed by atoms with Crippen molar-refractivity contribution in [3.63, 3.8) is 0 Å². The van der Waals surface area contributed by atoms with E-state index in [2.05, 4.69) is 30.0 Å². The molecular weight excluding hydrogens is 430 g/mol. The first-order valence-corrected chi connectivity index (χ1v) is 10.6. The lowest BCUT2D eigenvalue weighted by Gasteiger charge is -2.09. The predicted octanol–water partition coefficient (Wildman–Crippen LogP) is 2.25. The van der Waals surface area contributed by atoms with Gasteiger partial charge in [0.2, 0.25) is 27.7 Å². The number of hydrogen-bond donors (Lipinski definition) is 2. The largest absolute Gasteiger partial charge is 0.439 e. The Morgan fingerprint density at radius 2 is 1.87 bits per heavy atom. The Kier molecular flexibility index (Phi) is 6.73. The van der Waals surface area contributed by atoms with Gasteiger partial charge in [-0.05, 0) is 24.7 Å². The third-order valence-electron chi connectivity index (χ3n) is 3.72. The van der Waals surface area contributed by atoms with Gasteiger partial charge in [0, 0.05) is 6.07 Å². The zero-order valence-electron chi connectivity index (χ0n) is 15.7. The van der Waals surface area contributed by atoms with Gasteiger partial charge in [-0.3, -0.25) is 0 Å². The molecule has 0 aliphatic rings. The van der Waals surface area contributed by atoms with Crippen LogP contribution in [0.2, 0.25) is 5.02 Å². The van der Waals surface area contributed by atoms with Crippen LogP contribution in [0.4, 0.5) is 5.95 Å². The maximum Gasteiger partial charge on any atom is 0.235 e. The molecule has 12 heteroatoms. The summed E-state index contributed by atoms with van der Waals surface area (Å²) in [6, 6.07) is 9.97. The number of nitriles is 1. The van der Waals surface area contributed by atoms with E-state index in [-0.39, 0.29) is 24.0 Å². The zero-order valence-corrected chi connectivity index (χ0v) is 17.3. The van der Waals surface area contributed by atoms with Crippen molar-refractivity contribution in [2.45, 2.75) is 12.3 Å². The standard InChI is InChI=1S/C18H16ClN7O3S/c1-21-30(27,28)11-12-2-4-15(5-3-12)29-17-6-14(25-16(7-20)26-17)10-24-18-22-8-13(19)9-23-18/h2-6,8-9,21H,10-11H2,1H3,(H,22,23,24). The first kappa shape index (κ1) is 21.4. The van der Waals surface area contributed by atoms with Gasteiger partial charge in [0.15, 0.2) is 0 Å². The summed E-state index contributed by atoms with van der Waals surface area (Å²) in [5.41, 5.74) is 1.09. The van der Waals surface area contributed by atoms with Crippen molar-refractivity contribution in [3.8, 4) is 17.7 Å². The van der Waals surface area contributed by atoms with Crippen LogP contribution in [0.3, 0.4) is 0 Å². The summed E-state index contributed by atoms with van der Waals surface area (Å²) in [6.45, 7) is 0.232. The average molecular weight is 446 g/mol. The molecule has 0 saturated carbocycles. The van der Waals surface area contributed by atoms with E-state index in [0.29, 0.717) is 28.0 Å². The minimum atomic E-state index is -3.36. The molecule has 0 fully saturated rings. The number of halogens is 1. The van der Waals surface area contributed by atoms with Gasteiger partial charge in [0.1, 0.15) is 11.8 Å². The molecule has 0 saturated heterocycles. The minimum absolute atomic E-state index is 0.0574. The van der Waals surface area contributed by atoms with Crippen molar-refractivity contribution < 1.29 is 13.2 Å². The highest BCUT2D eigenvalue weighted by atomic mass is 35.5. The molecule has 0 amide bonds. The van der Waals surface area contributed by atoms with Gasteiger partial charge < -0.3 is 10.1 Å². The number of benzene rings is 1. The summed E-state index contributed by atoms with van der Waals surface area (Å²) in [6.07, 6.45) is 2.91. The van der Waals surface area contributed by atoms with E-state index < -0.39 is 10.0 Å². The minimum Gasteiger partial charge on any atom is -0.439 e. The van der Waals surface area contributed by atoms with Gasteiger partial charge in [-0.25, -0.2) is 28.1 Å². The third kappa shape index (κ3) is 6.08. The average Bonchev–Trinajstić information content (AvgIpc) is 2.74. The monoisotopic (exact) mass is 445 g/mol. The first-order valence-electron chi connectivity index (χ1n) is 8.54. The number of nitrogens with zero attached hydrogens (tertiary/aromatic N) is 5. The topological polar surface area (TPSA) is 143 Å². The molecule has 30 heavy (non-hydrogen) atoms. The molecule has 0 atom stereocenters. The summed E-state index contributed by atoms with van der Waals surface area (Å²) in [7, 11) is -2.00. The summed E-state index contributed by atoms with van der Waals surface area (Å²) >= 11 is 5.76. The summed E-state index contributed by atoms with van der Waals surface area (Å²) in [5.74, 6) is 0.761. The van der Waals surface area contributed by atoms with Crippen molar-refractivity contribution in [3.05, 3.63) is 64.8 Å². The predicted molar refractivity (Wildman–Crippen MR) is 109 cm³/mol. The van der Waals surface area contributed by atoms with Crippen LogP contribution >= 0.6 is 11.6 Å². The second-order valence-corrected chi connectivity index (χ2v) is 8.28. The number of hydrogen-bond acceptors (Lipinski definition) is 9. The van der Waals surface area contributed by atoms with Crippen LogP contribution < -0.4 is 14.8 Å². The molecule has 3 aromatic rings. The molecular formula is C18H16ClN7O3S. The number of rotatable bonds is 8. The van der Waals surface area contributed by atoms with Gasteiger partial charge in [-0.1, -0.05) is 23.7 Å². The highest BCUT2D eigenvalue weighted by molar-refractivity contribution is 7.88. The molecule has 10 nitrogen and oxygen atoms in total. The van der Waals surface area contributed by atoms with Crippen LogP contribution in [0.25, 0.3) is 0 Å². The van der Waals surface area contributed by atoms with Gasteiger partial charge in [0.05, 0.1) is 35.4 Å². The van der Waals surface area contributed by atoms with Crippen LogP contribution in [-0.4, -0.2) is 35.4 Å². The number of ether oxygens (including phenoxy) is 1. The smallest absolute Gasteiger partial charge is 0.235 e. The van der Waals surface area contributed by atoms with Crippen LogP contribution in [0.5, 0.6) is 11.6 Å². The molecule has 3 rings (SSSR count). The molecule has 1 aromatic carbocycles. The highest BCUT2D eigenvalue weighted by Crippen LogP contribution is 2.21. The second kappa shape index (κ2) is 9.45. The van der Waals surface area contributed by atoms with E-state index >= 15 is 0 Å². The van der Waals surface area contributed by atoms with Crippen molar-refractivity contribution in [2.75, 3.05) is 12.4 Å². The van der Waals surface area contributed by atoms with Crippen LogP contribution in [0, 0.1) is 11.3 Å². The Balaban J connectivity index is 1.72. The maximum absolute atomic E-state index is 11.6. The molecule has 154 valence electrons. The molecule has 2 N–H and O–H groups in total. The van der Waals surface area contributed by atoms with Gasteiger partial charge in [0.25, 0.3) is 0 Å². The molecule has 0 unspecified atom stereocenters. The van der Waals surface area contributed by atoms with Crippen molar-refractivity contribution in [2.24, 2.45) is 0 Å². The number of anilines is 1. The lowest BCUT2D eigenvalue weighted by molar-refractivity contribution is 0.459. The van der Waals surface area contributed by atoms with Crippen molar-refractivity contribution in [1.82, 2.24) is 24.7 Å². The van der Waals surface area contributed by atoms with E-state index in [0.717, 1.165) is 0 Å². The fourth-order valence-corrected chi connectivity index (χ4v) is 3.18. The lowest BCUT2D eigenvalue weighted by Crippen LogP contribution is -2.20. The Morgan fingerprint density at radius 1 is 1.17 bits per heavy atom. The summed E-state index contributed by atoms with van der Waals surface area (Å²) in [5, 5.41) is 12.6. The van der Waals surface area contributed by atoms with Crippen LogP contribution in [0.1, 0.15) is 17.1 Å². The highest BCUT2D eigenvalue weighted by Gasteiger charge is 2.10. The lowest BCUT2D eigenvalue weighted by atomic mass is 10.2. The summed E-state index contributed by atoms with van der Waals surface area (Å²) in [4.78, 5) is 16.2. The Bertz CT molecular complexity index is 1160. The number of sulfonamides is 1. The normalized spacial score (nSPS) is 11.0. The third-order valence-corrected chi connectivity index (χ3v) is 5.25. The van der Waals surface area contributed by atoms with E-state index in [1.165, 1.54) is 19.4 Å². The van der Waals surface area contributed by atoms with Crippen LogP contribution in [0.15, 0.2) is 42.7 Å². The molecule has 2 heterocycles. The van der Waals surface area contributed by atoms with Crippen molar-refractivity contribution in [1.29, 1.82) is 5.26 Å². The van der Waals surface area contributed by atoms with E-state index in [1.54, 1.807) is 30.3 Å². The summed E-state index contributed by atoms with van der Waals surface area (Å²) < 4.78 is 31.2. The van der Waals surface area contributed by atoms with Crippen LogP contribution in [-0.2, 0) is 22.3 Å². The Labute approximate surface area is 178 Å². The van der Waals surface area contributed by atoms with E-state index in [1.807, 2.05) is 6.07 Å². The molecule has 0 bridgehead atoms. The van der Waals surface area contributed by atoms with Crippen molar-refractivity contribution >= 4 is 27.6 Å². The SMILES string of the molecule is CNS(=O)(=O)Cc1ccc(Oc2cc(CNc3ncc(Cl)cn3)nc(C#N)n2)cc1. The fraction of sp³-hybridized carbons (Fsp3) is 0.167. The molecule has 0 aliphatic carbocycles. The quantitative estimate of drug-likeness (QED) is 0.533. The maximum atomic E-state index is 11.6. The molecule has 0 radical (unpaired) electrons. The van der Waals surface area contributed by atoms with Gasteiger partial charge in [-0.15, -0.1) is 0 Å². The Morgan fingerprint density at radius 3 is 2.50 bits per heavy atom. The van der Waals surface area contributed by atoms with Gasteiger partial charge in [-0.2, -0.15) is 10.2 Å². The Hall–Kier alpha value is -3.33. The second-order valence-electron chi connectivity index (χ2n) is 5.92. The fourth-order valence-electron chi connectivity index (χ4n) is 2.30. The molecule has 0 spiro atoms. The number of aromatic nitrogens is 4. The van der Waals surface area contributed by atoms with E-state index in [9.17, 15) is 13.7 Å².